The molecule has 2 amide bonds. The maximum Gasteiger partial charge on any atom is 0.233 e. The molecular weight excluding hydrogens is 194 g/mol. The number of carbonyl (C=O) groups is 2. The average Bonchev–Trinajstić information content (AvgIpc) is 2.07. The molecule has 0 saturated heterocycles. The van der Waals surface area contributed by atoms with Gasteiger partial charge < -0.3 is 16.4 Å². The minimum atomic E-state index is -0.336. The molecule has 0 heterocycles. The Kier molecular flexibility index (Phi) is 5.93. The minimum absolute atomic E-state index is 0.0607. The van der Waals surface area contributed by atoms with Gasteiger partial charge in [0.15, 0.2) is 0 Å². The Balaban J connectivity index is 3.46. The van der Waals surface area contributed by atoms with Crippen molar-refractivity contribution in [2.45, 2.75) is 39.2 Å². The van der Waals surface area contributed by atoms with E-state index in [4.69, 9.17) is 5.73 Å². The van der Waals surface area contributed by atoms with Gasteiger partial charge in [0.05, 0.1) is 6.54 Å². The lowest BCUT2D eigenvalue weighted by atomic mass is 10.1. The molecule has 15 heavy (non-hydrogen) atoms. The SMILES string of the molecule is CC(C)(C)NCC(=O)NCCCC(N)=O. The van der Waals surface area contributed by atoms with E-state index in [1.54, 1.807) is 0 Å². The highest BCUT2D eigenvalue weighted by atomic mass is 16.2. The number of nitrogens with two attached hydrogens (primary N) is 1. The molecule has 5 nitrogen and oxygen atoms in total. The van der Waals surface area contributed by atoms with Gasteiger partial charge in [-0.3, -0.25) is 9.59 Å². The van der Waals surface area contributed by atoms with Gasteiger partial charge in [0.1, 0.15) is 0 Å². The number of hydrogen-bond acceptors (Lipinski definition) is 3. The molecule has 0 fully saturated rings. The highest BCUT2D eigenvalue weighted by molar-refractivity contribution is 5.78. The Bertz CT molecular complexity index is 221. The number of carbonyl (C=O) groups excluding carboxylic acids is 2. The van der Waals surface area contributed by atoms with Crippen molar-refractivity contribution >= 4 is 11.8 Å². The summed E-state index contributed by atoms with van der Waals surface area (Å²) >= 11 is 0. The first kappa shape index (κ1) is 13.9. The molecular formula is C10H21N3O2. The Morgan fingerprint density at radius 3 is 2.33 bits per heavy atom. The van der Waals surface area contributed by atoms with Gasteiger partial charge in [-0.1, -0.05) is 0 Å². The van der Waals surface area contributed by atoms with Crippen LogP contribution in [0.5, 0.6) is 0 Å². The van der Waals surface area contributed by atoms with Gasteiger partial charge in [-0.15, -0.1) is 0 Å². The number of nitrogens with one attached hydrogen (secondary N) is 2. The first-order chi connectivity index (χ1) is 6.81. The van der Waals surface area contributed by atoms with Crippen molar-refractivity contribution in [1.82, 2.24) is 10.6 Å². The van der Waals surface area contributed by atoms with Crippen LogP contribution in [0.3, 0.4) is 0 Å². The van der Waals surface area contributed by atoms with Crippen LogP contribution in [-0.2, 0) is 9.59 Å². The largest absolute Gasteiger partial charge is 0.370 e. The van der Waals surface area contributed by atoms with E-state index in [2.05, 4.69) is 10.6 Å². The van der Waals surface area contributed by atoms with Crippen LogP contribution in [0, 0.1) is 0 Å². The van der Waals surface area contributed by atoms with E-state index in [1.807, 2.05) is 20.8 Å². The van der Waals surface area contributed by atoms with E-state index in [0.29, 0.717) is 25.9 Å². The molecule has 4 N–H and O–H groups in total. The zero-order valence-electron chi connectivity index (χ0n) is 9.72. The maximum atomic E-state index is 11.2. The van der Waals surface area contributed by atoms with Gasteiger partial charge >= 0.3 is 0 Å². The smallest absolute Gasteiger partial charge is 0.233 e. The second-order valence-corrected chi connectivity index (χ2v) is 4.52. The Hall–Kier alpha value is -1.10. The van der Waals surface area contributed by atoms with Crippen molar-refractivity contribution in [1.29, 1.82) is 0 Å². The van der Waals surface area contributed by atoms with Gasteiger partial charge in [-0.25, -0.2) is 0 Å². The molecule has 0 aromatic rings. The quantitative estimate of drug-likeness (QED) is 0.534. The first-order valence-electron chi connectivity index (χ1n) is 5.11. The van der Waals surface area contributed by atoms with E-state index in [-0.39, 0.29) is 17.4 Å². The normalized spacial score (nSPS) is 11.1. The monoisotopic (exact) mass is 215 g/mol. The molecule has 5 heteroatoms. The minimum Gasteiger partial charge on any atom is -0.370 e. The number of amides is 2. The topological polar surface area (TPSA) is 84.2 Å². The number of hydrogen-bond donors (Lipinski definition) is 3. The summed E-state index contributed by atoms with van der Waals surface area (Å²) in [5.74, 6) is -0.397. The summed E-state index contributed by atoms with van der Waals surface area (Å²) in [7, 11) is 0. The molecule has 0 aromatic carbocycles. The summed E-state index contributed by atoms with van der Waals surface area (Å²) in [6.07, 6.45) is 0.906. The summed E-state index contributed by atoms with van der Waals surface area (Å²) in [5, 5.41) is 5.77. The number of rotatable bonds is 6. The van der Waals surface area contributed by atoms with Crippen LogP contribution >= 0.6 is 0 Å². The van der Waals surface area contributed by atoms with Gasteiger partial charge in [-0.2, -0.15) is 0 Å². The Labute approximate surface area is 90.8 Å². The van der Waals surface area contributed by atoms with E-state index in [0.717, 1.165) is 0 Å². The number of primary amides is 1. The highest BCUT2D eigenvalue weighted by Crippen LogP contribution is 1.96. The van der Waals surface area contributed by atoms with Crippen molar-refractivity contribution in [3.05, 3.63) is 0 Å². The van der Waals surface area contributed by atoms with Gasteiger partial charge in [0.2, 0.25) is 11.8 Å². The van der Waals surface area contributed by atoms with Gasteiger partial charge in [-0.05, 0) is 27.2 Å². The van der Waals surface area contributed by atoms with Gasteiger partial charge in [0, 0.05) is 18.5 Å². The van der Waals surface area contributed by atoms with Crippen molar-refractivity contribution in [3.63, 3.8) is 0 Å². The van der Waals surface area contributed by atoms with Crippen LogP contribution in [0.4, 0.5) is 0 Å². The highest BCUT2D eigenvalue weighted by Gasteiger charge is 2.10. The fraction of sp³-hybridized carbons (Fsp3) is 0.800. The zero-order valence-corrected chi connectivity index (χ0v) is 9.72. The third-order valence-corrected chi connectivity index (χ3v) is 1.70. The molecule has 0 aliphatic heterocycles. The molecule has 0 aromatic heterocycles. The van der Waals surface area contributed by atoms with Crippen molar-refractivity contribution in [3.8, 4) is 0 Å². The van der Waals surface area contributed by atoms with Crippen LogP contribution in [0.2, 0.25) is 0 Å². The molecule has 0 saturated carbocycles. The van der Waals surface area contributed by atoms with Crippen LogP contribution in [0.15, 0.2) is 0 Å². The van der Waals surface area contributed by atoms with E-state index >= 15 is 0 Å². The molecule has 0 spiro atoms. The van der Waals surface area contributed by atoms with Crippen LogP contribution in [0.1, 0.15) is 33.6 Å². The van der Waals surface area contributed by atoms with E-state index < -0.39 is 0 Å². The summed E-state index contributed by atoms with van der Waals surface area (Å²) in [6.45, 7) is 6.77. The van der Waals surface area contributed by atoms with E-state index in [1.165, 1.54) is 0 Å². The summed E-state index contributed by atoms with van der Waals surface area (Å²) in [6, 6.07) is 0. The molecule has 88 valence electrons. The van der Waals surface area contributed by atoms with Gasteiger partial charge in [0.25, 0.3) is 0 Å². The van der Waals surface area contributed by atoms with Crippen molar-refractivity contribution in [2.24, 2.45) is 5.73 Å². The zero-order chi connectivity index (χ0) is 11.9. The fourth-order valence-electron chi connectivity index (χ4n) is 0.898. The molecule has 0 bridgehead atoms. The predicted molar refractivity (Wildman–Crippen MR) is 59.2 cm³/mol. The lowest BCUT2D eigenvalue weighted by molar-refractivity contribution is -0.121. The van der Waals surface area contributed by atoms with E-state index in [9.17, 15) is 9.59 Å². The Morgan fingerprint density at radius 1 is 1.27 bits per heavy atom. The summed E-state index contributed by atoms with van der Waals surface area (Å²) in [5.41, 5.74) is 4.90. The predicted octanol–water partition coefficient (Wildman–Crippen LogP) is -0.244. The lowest BCUT2D eigenvalue weighted by Crippen LogP contribution is -2.43. The Morgan fingerprint density at radius 2 is 1.87 bits per heavy atom. The molecule has 0 aliphatic carbocycles. The second kappa shape index (κ2) is 6.40. The maximum absolute atomic E-state index is 11.2. The molecule has 0 radical (unpaired) electrons. The first-order valence-corrected chi connectivity index (χ1v) is 5.11. The van der Waals surface area contributed by atoms with Crippen molar-refractivity contribution in [2.75, 3.05) is 13.1 Å². The molecule has 0 aliphatic rings. The molecule has 0 unspecified atom stereocenters. The summed E-state index contributed by atoms with van der Waals surface area (Å²) < 4.78 is 0. The van der Waals surface area contributed by atoms with Crippen molar-refractivity contribution < 1.29 is 9.59 Å². The van der Waals surface area contributed by atoms with Crippen LogP contribution in [0.25, 0.3) is 0 Å². The van der Waals surface area contributed by atoms with Crippen LogP contribution in [-0.4, -0.2) is 30.4 Å². The standard InChI is InChI=1S/C10H21N3O2/c1-10(2,3)13-7-9(15)12-6-4-5-8(11)14/h13H,4-7H2,1-3H3,(H2,11,14)(H,12,15). The average molecular weight is 215 g/mol. The summed E-state index contributed by atoms with van der Waals surface area (Å²) in [4.78, 5) is 21.6. The lowest BCUT2D eigenvalue weighted by Gasteiger charge is -2.19. The van der Waals surface area contributed by atoms with Crippen LogP contribution < -0.4 is 16.4 Å². The third kappa shape index (κ3) is 10.8. The molecule has 0 rings (SSSR count). The second-order valence-electron chi connectivity index (χ2n) is 4.52. The molecule has 0 atom stereocenters. The third-order valence-electron chi connectivity index (χ3n) is 1.70. The fourth-order valence-corrected chi connectivity index (χ4v) is 0.898.